The van der Waals surface area contributed by atoms with E-state index in [4.69, 9.17) is 15.0 Å². The Hall–Kier alpha value is -6.45. The van der Waals surface area contributed by atoms with Crippen LogP contribution < -0.4 is 0 Å². The molecule has 0 saturated heterocycles. The summed E-state index contributed by atoms with van der Waals surface area (Å²) in [6.45, 7) is 4.74. The molecule has 0 bridgehead atoms. The molecular formula is C48H33N3. The summed E-state index contributed by atoms with van der Waals surface area (Å²) in [6, 6.07) is 58.2. The lowest BCUT2D eigenvalue weighted by molar-refractivity contribution is 0.666. The van der Waals surface area contributed by atoms with Crippen LogP contribution in [0.2, 0.25) is 0 Å². The van der Waals surface area contributed by atoms with Gasteiger partial charge in [0.1, 0.15) is 0 Å². The highest BCUT2D eigenvalue weighted by Gasteiger charge is 2.38. The Balaban J connectivity index is 1.16. The normalized spacial score (nSPS) is 13.1. The van der Waals surface area contributed by atoms with Crippen molar-refractivity contribution in [2.24, 2.45) is 0 Å². The molecule has 0 fully saturated rings. The quantitative estimate of drug-likeness (QED) is 0.178. The van der Waals surface area contributed by atoms with Crippen LogP contribution in [0.1, 0.15) is 25.0 Å². The van der Waals surface area contributed by atoms with Gasteiger partial charge in [0, 0.05) is 22.1 Å². The summed E-state index contributed by atoms with van der Waals surface area (Å²) in [7, 11) is 0. The van der Waals surface area contributed by atoms with Crippen LogP contribution in [-0.2, 0) is 5.41 Å². The molecule has 0 saturated carbocycles. The Morgan fingerprint density at radius 2 is 0.902 bits per heavy atom. The fraction of sp³-hybridized carbons (Fsp3) is 0.0625. The summed E-state index contributed by atoms with van der Waals surface area (Å²) >= 11 is 0. The third kappa shape index (κ3) is 4.62. The van der Waals surface area contributed by atoms with Gasteiger partial charge in [-0.2, -0.15) is 0 Å². The third-order valence-corrected chi connectivity index (χ3v) is 10.7. The Morgan fingerprint density at radius 3 is 1.63 bits per heavy atom. The zero-order valence-electron chi connectivity index (χ0n) is 28.4. The molecular weight excluding hydrogens is 619 g/mol. The molecule has 0 spiro atoms. The summed E-state index contributed by atoms with van der Waals surface area (Å²) in [5.41, 5.74) is 10.6. The van der Waals surface area contributed by atoms with Gasteiger partial charge in [-0.15, -0.1) is 0 Å². The molecule has 0 amide bonds. The lowest BCUT2D eigenvalue weighted by Crippen LogP contribution is -2.15. The molecule has 3 nitrogen and oxygen atoms in total. The molecule has 0 atom stereocenters. The topological polar surface area (TPSA) is 38.7 Å². The van der Waals surface area contributed by atoms with Crippen molar-refractivity contribution < 1.29 is 0 Å². The number of nitrogens with zero attached hydrogens (tertiary/aromatic N) is 3. The Morgan fingerprint density at radius 1 is 0.392 bits per heavy atom. The van der Waals surface area contributed by atoms with Gasteiger partial charge in [-0.1, -0.05) is 172 Å². The van der Waals surface area contributed by atoms with Crippen molar-refractivity contribution in [1.82, 2.24) is 15.0 Å². The number of rotatable bonds is 4. The Bertz CT molecular complexity index is 2800. The highest BCUT2D eigenvalue weighted by atomic mass is 15.0. The summed E-state index contributed by atoms with van der Waals surface area (Å²) in [5, 5.41) is 7.60. The van der Waals surface area contributed by atoms with Gasteiger partial charge in [-0.05, 0) is 71.8 Å². The summed E-state index contributed by atoms with van der Waals surface area (Å²) in [4.78, 5) is 15.1. The van der Waals surface area contributed by atoms with E-state index in [1.165, 1.54) is 54.7 Å². The van der Waals surface area contributed by atoms with Crippen LogP contribution in [0.25, 0.3) is 88.7 Å². The fourth-order valence-electron chi connectivity index (χ4n) is 8.26. The minimum atomic E-state index is -0.115. The number of hydrogen-bond acceptors (Lipinski definition) is 3. The van der Waals surface area contributed by atoms with E-state index in [2.05, 4.69) is 153 Å². The maximum absolute atomic E-state index is 5.09. The van der Waals surface area contributed by atoms with Gasteiger partial charge in [0.2, 0.25) is 0 Å². The van der Waals surface area contributed by atoms with Crippen LogP contribution >= 0.6 is 0 Å². The zero-order valence-corrected chi connectivity index (χ0v) is 28.4. The molecule has 10 rings (SSSR count). The largest absolute Gasteiger partial charge is 0.208 e. The summed E-state index contributed by atoms with van der Waals surface area (Å²) in [6.07, 6.45) is 0. The SMILES string of the molecule is CC1(C)c2ccccc2-c2c1c1ccc3cc(-c4nc(-c5ccccc5)nc(-c5ccc(-c6ccccc6)cc5)n4)ccc3c1c1ccccc21. The lowest BCUT2D eigenvalue weighted by atomic mass is 9.78. The van der Waals surface area contributed by atoms with Gasteiger partial charge in [0.25, 0.3) is 0 Å². The maximum atomic E-state index is 5.09. The van der Waals surface area contributed by atoms with Crippen molar-refractivity contribution >= 4 is 32.3 Å². The first kappa shape index (κ1) is 29.5. The zero-order chi connectivity index (χ0) is 34.1. The van der Waals surface area contributed by atoms with Crippen LogP contribution in [-0.4, -0.2) is 15.0 Å². The molecule has 0 N–H and O–H groups in total. The standard InChI is InChI=1S/C48H33N3/c1-48(2)41-20-12-11-19-39(41)43-38-18-10-9-17-37(38)42-36-27-26-35(29-34(36)25-28-40(42)44(43)48)47-50-45(32-15-7-4-8-16-32)49-46(51-47)33-23-21-31(22-24-33)30-13-5-3-6-14-30/h3-29H,1-2H3. The molecule has 8 aromatic carbocycles. The van der Waals surface area contributed by atoms with Crippen molar-refractivity contribution in [3.05, 3.63) is 175 Å². The van der Waals surface area contributed by atoms with E-state index >= 15 is 0 Å². The van der Waals surface area contributed by atoms with Crippen LogP contribution in [0.15, 0.2) is 164 Å². The minimum Gasteiger partial charge on any atom is -0.208 e. The van der Waals surface area contributed by atoms with E-state index in [0.29, 0.717) is 17.5 Å². The first-order chi connectivity index (χ1) is 25.0. The highest BCUT2D eigenvalue weighted by molar-refractivity contribution is 6.26. The van der Waals surface area contributed by atoms with Crippen molar-refractivity contribution in [3.63, 3.8) is 0 Å². The van der Waals surface area contributed by atoms with E-state index in [1.54, 1.807) is 0 Å². The summed E-state index contributed by atoms with van der Waals surface area (Å²) in [5.74, 6) is 1.97. The Labute approximate surface area is 297 Å². The van der Waals surface area contributed by atoms with E-state index < -0.39 is 0 Å². The second-order valence-electron chi connectivity index (χ2n) is 14.0. The number of aromatic nitrogens is 3. The minimum absolute atomic E-state index is 0.115. The number of fused-ring (bicyclic) bond motifs is 10. The van der Waals surface area contributed by atoms with E-state index in [9.17, 15) is 0 Å². The van der Waals surface area contributed by atoms with Crippen molar-refractivity contribution in [1.29, 1.82) is 0 Å². The average molecular weight is 652 g/mol. The predicted molar refractivity (Wildman–Crippen MR) is 212 cm³/mol. The molecule has 51 heavy (non-hydrogen) atoms. The van der Waals surface area contributed by atoms with Gasteiger partial charge in [0.05, 0.1) is 0 Å². The van der Waals surface area contributed by atoms with Crippen LogP contribution in [0.4, 0.5) is 0 Å². The van der Waals surface area contributed by atoms with Crippen molar-refractivity contribution in [2.45, 2.75) is 19.3 Å². The lowest BCUT2D eigenvalue weighted by Gasteiger charge is -2.24. The first-order valence-corrected chi connectivity index (χ1v) is 17.5. The number of benzene rings is 8. The highest BCUT2D eigenvalue weighted by Crippen LogP contribution is 2.55. The molecule has 1 heterocycles. The Kier molecular flexibility index (Phi) is 6.53. The van der Waals surface area contributed by atoms with Crippen LogP contribution in [0.5, 0.6) is 0 Å². The second kappa shape index (κ2) is 11.3. The van der Waals surface area contributed by atoms with E-state index in [1.807, 2.05) is 24.3 Å². The van der Waals surface area contributed by atoms with Crippen LogP contribution in [0.3, 0.4) is 0 Å². The van der Waals surface area contributed by atoms with Gasteiger partial charge >= 0.3 is 0 Å². The van der Waals surface area contributed by atoms with Gasteiger partial charge in [0.15, 0.2) is 17.5 Å². The first-order valence-electron chi connectivity index (χ1n) is 17.5. The van der Waals surface area contributed by atoms with E-state index in [0.717, 1.165) is 27.6 Å². The summed E-state index contributed by atoms with van der Waals surface area (Å²) < 4.78 is 0. The van der Waals surface area contributed by atoms with Crippen LogP contribution in [0, 0.1) is 0 Å². The molecule has 0 unspecified atom stereocenters. The maximum Gasteiger partial charge on any atom is 0.164 e. The number of hydrogen-bond donors (Lipinski definition) is 0. The van der Waals surface area contributed by atoms with E-state index in [-0.39, 0.29) is 5.41 Å². The van der Waals surface area contributed by atoms with Gasteiger partial charge in [-0.25, -0.2) is 15.0 Å². The predicted octanol–water partition coefficient (Wildman–Crippen LogP) is 12.3. The van der Waals surface area contributed by atoms with Gasteiger partial charge < -0.3 is 0 Å². The monoisotopic (exact) mass is 651 g/mol. The molecule has 1 aliphatic rings. The third-order valence-electron chi connectivity index (χ3n) is 10.7. The fourth-order valence-corrected chi connectivity index (χ4v) is 8.26. The molecule has 240 valence electrons. The average Bonchev–Trinajstić information content (AvgIpc) is 3.44. The molecule has 9 aromatic rings. The van der Waals surface area contributed by atoms with Crippen molar-refractivity contribution in [2.75, 3.05) is 0 Å². The molecule has 0 radical (unpaired) electrons. The second-order valence-corrected chi connectivity index (χ2v) is 14.0. The smallest absolute Gasteiger partial charge is 0.164 e. The molecule has 1 aromatic heterocycles. The molecule has 0 aliphatic heterocycles. The van der Waals surface area contributed by atoms with Crippen molar-refractivity contribution in [3.8, 4) is 56.4 Å². The van der Waals surface area contributed by atoms with Gasteiger partial charge in [-0.3, -0.25) is 0 Å². The molecule has 1 aliphatic carbocycles. The molecule has 3 heteroatoms.